The maximum Gasteiger partial charge on any atom is 0.253 e. The molecule has 0 radical (unpaired) electrons. The van der Waals surface area contributed by atoms with Gasteiger partial charge in [0.05, 0.1) is 17.4 Å². The first-order valence-corrected chi connectivity index (χ1v) is 9.35. The van der Waals surface area contributed by atoms with E-state index >= 15 is 0 Å². The number of carbonyl (C=O) groups excluding carboxylic acids is 1. The lowest BCUT2D eigenvalue weighted by Crippen LogP contribution is -2.23. The van der Waals surface area contributed by atoms with Crippen LogP contribution in [0.2, 0.25) is 0 Å². The van der Waals surface area contributed by atoms with Crippen molar-refractivity contribution >= 4 is 5.91 Å². The molecule has 4 aromatic rings. The Hall–Kier alpha value is -3.67. The van der Waals surface area contributed by atoms with Crippen LogP contribution in [0.15, 0.2) is 73.1 Å². The fourth-order valence-electron chi connectivity index (χ4n) is 3.43. The first-order chi connectivity index (χ1) is 14.0. The molecule has 0 aliphatic heterocycles. The van der Waals surface area contributed by atoms with Gasteiger partial charge in [0.25, 0.3) is 5.91 Å². The molecule has 4 rings (SSSR count). The summed E-state index contributed by atoms with van der Waals surface area (Å²) in [6.07, 6.45) is 3.65. The first-order valence-electron chi connectivity index (χ1n) is 9.35. The molecule has 1 amide bonds. The Labute approximate surface area is 168 Å². The fraction of sp³-hybridized carbons (Fsp3) is 0.130. The summed E-state index contributed by atoms with van der Waals surface area (Å²) in [4.78, 5) is 12.8. The summed E-state index contributed by atoms with van der Waals surface area (Å²) in [7, 11) is 0. The average Bonchev–Trinajstić information content (AvgIpc) is 3.32. The second-order valence-electron chi connectivity index (χ2n) is 6.91. The number of carbonyl (C=O) groups is 1. The van der Waals surface area contributed by atoms with Crippen molar-refractivity contribution < 1.29 is 9.18 Å². The molecule has 5 nitrogen and oxygen atoms in total. The van der Waals surface area contributed by atoms with Crippen LogP contribution in [0.3, 0.4) is 0 Å². The van der Waals surface area contributed by atoms with Gasteiger partial charge >= 0.3 is 0 Å². The predicted octanol–water partition coefficient (Wildman–Crippen LogP) is 4.35. The fourth-order valence-corrected chi connectivity index (χ4v) is 3.43. The van der Waals surface area contributed by atoms with Gasteiger partial charge in [0.15, 0.2) is 0 Å². The van der Waals surface area contributed by atoms with Gasteiger partial charge in [-0.1, -0.05) is 18.2 Å². The zero-order valence-corrected chi connectivity index (χ0v) is 16.3. The highest BCUT2D eigenvalue weighted by Gasteiger charge is 2.16. The molecule has 0 saturated heterocycles. The van der Waals surface area contributed by atoms with Crippen LogP contribution in [-0.4, -0.2) is 20.3 Å². The third-order valence-electron chi connectivity index (χ3n) is 4.87. The average molecular weight is 388 g/mol. The molecule has 0 spiro atoms. The van der Waals surface area contributed by atoms with Crippen molar-refractivity contribution in [2.24, 2.45) is 0 Å². The quantitative estimate of drug-likeness (QED) is 0.553. The van der Waals surface area contributed by atoms with Crippen molar-refractivity contribution in [3.05, 3.63) is 101 Å². The lowest BCUT2D eigenvalue weighted by molar-refractivity contribution is 0.0950. The number of hydrogen-bond acceptors (Lipinski definition) is 2. The number of benzene rings is 2. The zero-order valence-electron chi connectivity index (χ0n) is 16.3. The second-order valence-corrected chi connectivity index (χ2v) is 6.91. The van der Waals surface area contributed by atoms with Crippen LogP contribution >= 0.6 is 0 Å². The third-order valence-corrected chi connectivity index (χ3v) is 4.87. The van der Waals surface area contributed by atoms with Gasteiger partial charge in [0, 0.05) is 35.4 Å². The third kappa shape index (κ3) is 3.82. The summed E-state index contributed by atoms with van der Waals surface area (Å²) in [5, 5.41) is 7.31. The summed E-state index contributed by atoms with van der Waals surface area (Å²) in [5.41, 5.74) is 5.03. The van der Waals surface area contributed by atoms with E-state index in [9.17, 15) is 9.18 Å². The Balaban J connectivity index is 1.49. The van der Waals surface area contributed by atoms with Gasteiger partial charge in [-0.25, -0.2) is 9.07 Å². The molecular formula is C23H21FN4O. The van der Waals surface area contributed by atoms with E-state index in [1.54, 1.807) is 23.0 Å². The number of halogens is 1. The molecule has 29 heavy (non-hydrogen) atoms. The molecule has 2 heterocycles. The number of hydrogen-bond donors (Lipinski definition) is 1. The monoisotopic (exact) mass is 388 g/mol. The van der Waals surface area contributed by atoms with Crippen molar-refractivity contribution in [2.75, 3.05) is 0 Å². The summed E-state index contributed by atoms with van der Waals surface area (Å²) in [6.45, 7) is 4.20. The topological polar surface area (TPSA) is 51.9 Å². The van der Waals surface area contributed by atoms with E-state index in [2.05, 4.69) is 10.4 Å². The zero-order chi connectivity index (χ0) is 20.4. The molecule has 0 bridgehead atoms. The first kappa shape index (κ1) is 18.7. The van der Waals surface area contributed by atoms with Crippen molar-refractivity contribution in [3.63, 3.8) is 0 Å². The molecule has 0 unspecified atom stereocenters. The molecule has 0 aliphatic carbocycles. The van der Waals surface area contributed by atoms with Gasteiger partial charge in [-0.3, -0.25) is 4.79 Å². The van der Waals surface area contributed by atoms with E-state index < -0.39 is 0 Å². The van der Waals surface area contributed by atoms with Crippen LogP contribution in [0.5, 0.6) is 0 Å². The van der Waals surface area contributed by atoms with E-state index in [0.29, 0.717) is 12.1 Å². The molecule has 6 heteroatoms. The summed E-state index contributed by atoms with van der Waals surface area (Å²) < 4.78 is 17.0. The van der Waals surface area contributed by atoms with Crippen LogP contribution in [0.1, 0.15) is 27.3 Å². The number of nitrogens with zero attached hydrogens (tertiary/aromatic N) is 3. The summed E-state index contributed by atoms with van der Waals surface area (Å²) >= 11 is 0. The number of nitrogens with one attached hydrogen (secondary N) is 1. The largest absolute Gasteiger partial charge is 0.348 e. The van der Waals surface area contributed by atoms with Crippen molar-refractivity contribution in [3.8, 4) is 11.4 Å². The second kappa shape index (κ2) is 7.75. The van der Waals surface area contributed by atoms with E-state index in [4.69, 9.17) is 0 Å². The number of para-hydroxylation sites is 1. The Morgan fingerprint density at radius 2 is 1.76 bits per heavy atom. The van der Waals surface area contributed by atoms with E-state index in [0.717, 1.165) is 28.3 Å². The van der Waals surface area contributed by atoms with Crippen LogP contribution in [0.25, 0.3) is 11.4 Å². The lowest BCUT2D eigenvalue weighted by Gasteiger charge is -2.10. The highest BCUT2D eigenvalue weighted by atomic mass is 19.1. The van der Waals surface area contributed by atoms with Crippen LogP contribution in [0.4, 0.5) is 4.39 Å². The normalized spacial score (nSPS) is 10.9. The standard InChI is InChI=1S/C23H21FN4O/c1-16-12-22(17(2)28(16)21-10-8-19(24)9-11-21)23(29)25-13-18-14-26-27(15-18)20-6-4-3-5-7-20/h3-12,14-15H,13H2,1-2H3,(H,25,29). The van der Waals surface area contributed by atoms with Gasteiger partial charge in [0.1, 0.15) is 5.82 Å². The molecule has 0 saturated carbocycles. The van der Waals surface area contributed by atoms with Gasteiger partial charge in [0.2, 0.25) is 0 Å². The Bertz CT molecular complexity index is 1140. The van der Waals surface area contributed by atoms with Crippen LogP contribution in [0, 0.1) is 19.7 Å². The Morgan fingerprint density at radius 1 is 1.03 bits per heavy atom. The van der Waals surface area contributed by atoms with E-state index in [1.807, 2.05) is 61.0 Å². The van der Waals surface area contributed by atoms with Crippen molar-refractivity contribution in [1.29, 1.82) is 0 Å². The van der Waals surface area contributed by atoms with Crippen molar-refractivity contribution in [1.82, 2.24) is 19.7 Å². The number of rotatable bonds is 5. The molecule has 0 aliphatic rings. The van der Waals surface area contributed by atoms with E-state index in [-0.39, 0.29) is 11.7 Å². The number of aryl methyl sites for hydroxylation is 1. The lowest BCUT2D eigenvalue weighted by atomic mass is 10.2. The van der Waals surface area contributed by atoms with Gasteiger partial charge in [-0.2, -0.15) is 5.10 Å². The van der Waals surface area contributed by atoms with Crippen molar-refractivity contribution in [2.45, 2.75) is 20.4 Å². The molecule has 0 fully saturated rings. The minimum absolute atomic E-state index is 0.154. The van der Waals surface area contributed by atoms with E-state index in [1.165, 1.54) is 12.1 Å². The smallest absolute Gasteiger partial charge is 0.253 e. The summed E-state index contributed by atoms with van der Waals surface area (Å²) in [5.74, 6) is -0.441. The highest BCUT2D eigenvalue weighted by molar-refractivity contribution is 5.95. The molecule has 2 aromatic carbocycles. The maximum absolute atomic E-state index is 13.2. The Morgan fingerprint density at radius 3 is 2.48 bits per heavy atom. The summed E-state index contributed by atoms with van der Waals surface area (Å²) in [6, 6.07) is 17.9. The molecule has 2 aromatic heterocycles. The molecule has 0 atom stereocenters. The van der Waals surface area contributed by atoms with Gasteiger partial charge < -0.3 is 9.88 Å². The number of aromatic nitrogens is 3. The van der Waals surface area contributed by atoms with Crippen LogP contribution in [-0.2, 0) is 6.54 Å². The molecule has 146 valence electrons. The SMILES string of the molecule is Cc1cc(C(=O)NCc2cnn(-c3ccccc3)c2)c(C)n1-c1ccc(F)cc1. The van der Waals surface area contributed by atoms with Gasteiger partial charge in [-0.05, 0) is 56.3 Å². The Kier molecular flexibility index (Phi) is 4.99. The van der Waals surface area contributed by atoms with Crippen LogP contribution < -0.4 is 5.32 Å². The molecular weight excluding hydrogens is 367 g/mol. The highest BCUT2D eigenvalue weighted by Crippen LogP contribution is 2.21. The maximum atomic E-state index is 13.2. The number of amides is 1. The predicted molar refractivity (Wildman–Crippen MR) is 110 cm³/mol. The minimum atomic E-state index is -0.287. The van der Waals surface area contributed by atoms with Gasteiger partial charge in [-0.15, -0.1) is 0 Å². The minimum Gasteiger partial charge on any atom is -0.348 e. The molecule has 1 N–H and O–H groups in total.